The van der Waals surface area contributed by atoms with Crippen LogP contribution in [0, 0.1) is 0 Å². The molecule has 2 aromatic carbocycles. The highest BCUT2D eigenvalue weighted by molar-refractivity contribution is 7.78. The van der Waals surface area contributed by atoms with Crippen molar-refractivity contribution in [2.45, 2.75) is 19.6 Å². The Morgan fingerprint density at radius 3 is 1.67 bits per heavy atom. The van der Waals surface area contributed by atoms with E-state index in [1.54, 1.807) is 0 Å². The fraction of sp³-hybridized carbons (Fsp3) is 0.222. The van der Waals surface area contributed by atoms with Gasteiger partial charge in [-0.25, -0.2) is 0 Å². The smallest absolute Gasteiger partial charge is 0.146 e. The molecule has 0 aromatic heterocycles. The van der Waals surface area contributed by atoms with Crippen molar-refractivity contribution in [1.82, 2.24) is 0 Å². The van der Waals surface area contributed by atoms with Crippen LogP contribution in [0.2, 0.25) is 19.6 Å². The van der Waals surface area contributed by atoms with E-state index in [2.05, 4.69) is 31.4 Å². The van der Waals surface area contributed by atoms with Crippen molar-refractivity contribution in [2.24, 2.45) is 0 Å². The minimum Gasteiger partial charge on any atom is -0.313 e. The van der Waals surface area contributed by atoms with Crippen LogP contribution >= 0.6 is 7.14 Å². The molecule has 0 amide bonds. The molecule has 110 valence electrons. The molecule has 0 spiro atoms. The van der Waals surface area contributed by atoms with Crippen LogP contribution in [0.5, 0.6) is 0 Å². The molecule has 0 saturated heterocycles. The average molecular weight is 314 g/mol. The van der Waals surface area contributed by atoms with Crippen LogP contribution in [0.15, 0.2) is 72.4 Å². The molecule has 0 N–H and O–H groups in total. The minimum absolute atomic E-state index is 0.602. The zero-order valence-electron chi connectivity index (χ0n) is 13.0. The van der Waals surface area contributed by atoms with Crippen LogP contribution in [0.25, 0.3) is 0 Å². The van der Waals surface area contributed by atoms with Gasteiger partial charge in [0, 0.05) is 16.8 Å². The van der Waals surface area contributed by atoms with E-state index in [0.29, 0.717) is 6.16 Å². The van der Waals surface area contributed by atoms with Crippen molar-refractivity contribution in [3.63, 3.8) is 0 Å². The predicted molar refractivity (Wildman–Crippen MR) is 97.1 cm³/mol. The molecular formula is C18H23OPSi. The normalized spacial score (nSPS) is 12.7. The van der Waals surface area contributed by atoms with Gasteiger partial charge in [0.05, 0.1) is 8.07 Å². The maximum absolute atomic E-state index is 13.7. The molecule has 1 nitrogen and oxygen atoms in total. The number of hydrogen-bond acceptors (Lipinski definition) is 1. The Hall–Kier alpha value is -1.37. The third-order valence-corrected chi connectivity index (χ3v) is 7.55. The lowest BCUT2D eigenvalue weighted by Crippen LogP contribution is -2.19. The fourth-order valence-electron chi connectivity index (χ4n) is 2.25. The van der Waals surface area contributed by atoms with Gasteiger partial charge in [-0.1, -0.05) is 92.1 Å². The lowest BCUT2D eigenvalue weighted by Gasteiger charge is -2.18. The highest BCUT2D eigenvalue weighted by Crippen LogP contribution is 2.43. The first-order valence-corrected chi connectivity index (χ1v) is 12.8. The Balaban J connectivity index is 2.41. The predicted octanol–water partition coefficient (Wildman–Crippen LogP) is 4.43. The van der Waals surface area contributed by atoms with Crippen molar-refractivity contribution >= 4 is 25.8 Å². The summed E-state index contributed by atoms with van der Waals surface area (Å²) in [5, 5.41) is 1.88. The zero-order valence-corrected chi connectivity index (χ0v) is 14.9. The average Bonchev–Trinajstić information content (AvgIpc) is 2.47. The first-order chi connectivity index (χ1) is 9.92. The van der Waals surface area contributed by atoms with Crippen molar-refractivity contribution in [3.05, 3.63) is 72.4 Å². The second kappa shape index (κ2) is 6.59. The van der Waals surface area contributed by atoms with Gasteiger partial charge in [-0.15, -0.1) is 0 Å². The molecule has 2 rings (SSSR count). The largest absolute Gasteiger partial charge is 0.313 e. The van der Waals surface area contributed by atoms with E-state index in [-0.39, 0.29) is 0 Å². The van der Waals surface area contributed by atoms with Gasteiger partial charge in [0.2, 0.25) is 0 Å². The van der Waals surface area contributed by atoms with Gasteiger partial charge < -0.3 is 4.57 Å². The van der Waals surface area contributed by atoms with E-state index in [1.165, 1.54) is 0 Å². The number of hydrogen-bond donors (Lipinski definition) is 0. The summed E-state index contributed by atoms with van der Waals surface area (Å²) in [7, 11) is -3.84. The Morgan fingerprint density at radius 2 is 1.29 bits per heavy atom. The van der Waals surface area contributed by atoms with E-state index < -0.39 is 15.2 Å². The van der Waals surface area contributed by atoms with E-state index in [1.807, 2.05) is 60.7 Å². The van der Waals surface area contributed by atoms with Crippen LogP contribution in [0.4, 0.5) is 0 Å². The first-order valence-electron chi connectivity index (χ1n) is 7.30. The van der Waals surface area contributed by atoms with E-state index in [0.717, 1.165) is 10.6 Å². The standard InChI is InChI=1S/C18H23OPSi/c1-21(2,3)16-10-15-20(19,17-11-6-4-7-12-17)18-13-8-5-9-14-18/h4-14,16H,15H2,1-3H3/b16-10+. The Kier molecular flexibility index (Phi) is 5.03. The summed E-state index contributed by atoms with van der Waals surface area (Å²) in [4.78, 5) is 0. The lowest BCUT2D eigenvalue weighted by atomic mass is 10.4. The van der Waals surface area contributed by atoms with Crippen molar-refractivity contribution in [3.8, 4) is 0 Å². The molecule has 0 aliphatic carbocycles. The minimum atomic E-state index is -2.57. The fourth-order valence-corrected chi connectivity index (χ4v) is 5.71. The lowest BCUT2D eigenvalue weighted by molar-refractivity contribution is 0.588. The maximum Gasteiger partial charge on any atom is 0.146 e. The van der Waals surface area contributed by atoms with Crippen LogP contribution in [-0.4, -0.2) is 14.2 Å². The van der Waals surface area contributed by atoms with Crippen LogP contribution in [0.3, 0.4) is 0 Å². The van der Waals surface area contributed by atoms with Gasteiger partial charge in [0.25, 0.3) is 0 Å². The molecule has 2 aromatic rings. The number of rotatable bonds is 5. The highest BCUT2D eigenvalue weighted by Gasteiger charge is 2.25. The number of allylic oxidation sites excluding steroid dienone is 1. The molecular weight excluding hydrogens is 291 g/mol. The molecule has 0 heterocycles. The first kappa shape index (κ1) is 16.0. The van der Waals surface area contributed by atoms with E-state index >= 15 is 0 Å². The second-order valence-electron chi connectivity index (χ2n) is 6.36. The van der Waals surface area contributed by atoms with Crippen LogP contribution in [-0.2, 0) is 4.57 Å². The Labute approximate surface area is 129 Å². The number of benzene rings is 2. The summed E-state index contributed by atoms with van der Waals surface area (Å²) in [5.41, 5.74) is 2.28. The van der Waals surface area contributed by atoms with Crippen molar-refractivity contribution in [2.75, 3.05) is 6.16 Å². The van der Waals surface area contributed by atoms with Crippen LogP contribution in [0.1, 0.15) is 0 Å². The molecule has 0 bridgehead atoms. The molecule has 21 heavy (non-hydrogen) atoms. The van der Waals surface area contributed by atoms with Gasteiger partial charge in [0.15, 0.2) is 0 Å². The summed E-state index contributed by atoms with van der Waals surface area (Å²) in [5.74, 6) is 0. The molecule has 0 radical (unpaired) electrons. The quantitative estimate of drug-likeness (QED) is 0.589. The van der Waals surface area contributed by atoms with Gasteiger partial charge in [0.1, 0.15) is 7.14 Å². The molecule has 0 fully saturated rings. The molecule has 0 unspecified atom stereocenters. The van der Waals surface area contributed by atoms with Gasteiger partial charge >= 0.3 is 0 Å². The summed E-state index contributed by atoms with van der Waals surface area (Å²) in [6.45, 7) is 6.87. The monoisotopic (exact) mass is 314 g/mol. The molecule has 0 saturated carbocycles. The van der Waals surface area contributed by atoms with E-state index in [4.69, 9.17) is 0 Å². The molecule has 3 heteroatoms. The molecule has 0 aliphatic heterocycles. The highest BCUT2D eigenvalue weighted by atomic mass is 31.2. The summed E-state index contributed by atoms with van der Waals surface area (Å²) >= 11 is 0. The summed E-state index contributed by atoms with van der Waals surface area (Å²) in [6.07, 6.45) is 2.73. The van der Waals surface area contributed by atoms with Gasteiger partial charge in [-0.3, -0.25) is 0 Å². The third-order valence-electron chi connectivity index (χ3n) is 3.33. The van der Waals surface area contributed by atoms with Gasteiger partial charge in [-0.05, 0) is 0 Å². The zero-order chi connectivity index (χ0) is 15.3. The Morgan fingerprint density at radius 1 is 0.857 bits per heavy atom. The maximum atomic E-state index is 13.7. The third kappa shape index (κ3) is 4.29. The Bertz CT molecular complexity index is 598. The summed E-state index contributed by atoms with van der Waals surface area (Å²) < 4.78 is 13.7. The summed E-state index contributed by atoms with van der Waals surface area (Å²) in [6, 6.07) is 19.7. The second-order valence-corrected chi connectivity index (χ2v) is 14.3. The van der Waals surface area contributed by atoms with Crippen molar-refractivity contribution < 1.29 is 4.57 Å². The van der Waals surface area contributed by atoms with Gasteiger partial charge in [-0.2, -0.15) is 0 Å². The van der Waals surface area contributed by atoms with Crippen LogP contribution < -0.4 is 10.6 Å². The topological polar surface area (TPSA) is 17.1 Å². The molecule has 0 atom stereocenters. The van der Waals surface area contributed by atoms with Crippen molar-refractivity contribution in [1.29, 1.82) is 0 Å². The van der Waals surface area contributed by atoms with E-state index in [9.17, 15) is 4.57 Å². The molecule has 0 aliphatic rings. The SMILES string of the molecule is C[Si](C)(C)/C=C/CP(=O)(c1ccccc1)c1ccccc1.